The van der Waals surface area contributed by atoms with Gasteiger partial charge in [0, 0.05) is 53.3 Å². The largest absolute Gasteiger partial charge is 0.381 e. The first-order valence-electron chi connectivity index (χ1n) is 9.19. The van der Waals surface area contributed by atoms with Crippen LogP contribution in [0.15, 0.2) is 4.99 Å². The normalized spacial score (nSPS) is 18.2. The highest BCUT2D eigenvalue weighted by Crippen LogP contribution is 2.23. The molecule has 0 bridgehead atoms. The smallest absolute Gasteiger partial charge is 0.191 e. The molecule has 0 aromatic rings. The molecule has 0 aromatic heterocycles. The Morgan fingerprint density at radius 1 is 1.13 bits per heavy atom. The van der Waals surface area contributed by atoms with Gasteiger partial charge in [0.1, 0.15) is 0 Å². The van der Waals surface area contributed by atoms with E-state index < -0.39 is 0 Å². The summed E-state index contributed by atoms with van der Waals surface area (Å²) in [5, 5.41) is 6.81. The summed E-state index contributed by atoms with van der Waals surface area (Å²) in [5.41, 5.74) is -0.118. The highest BCUT2D eigenvalue weighted by atomic mass is 16.5. The molecular formula is C18H37N3O2. The number of rotatable bonds is 10. The minimum atomic E-state index is -0.118. The minimum absolute atomic E-state index is 0.118. The molecule has 136 valence electrons. The van der Waals surface area contributed by atoms with Gasteiger partial charge in [-0.15, -0.1) is 0 Å². The molecule has 5 heteroatoms. The Bertz CT molecular complexity index is 326. The third kappa shape index (κ3) is 8.56. The lowest BCUT2D eigenvalue weighted by Crippen LogP contribution is -2.50. The van der Waals surface area contributed by atoms with E-state index in [1.807, 2.05) is 7.05 Å². The van der Waals surface area contributed by atoms with Crippen LogP contribution in [0.4, 0.5) is 0 Å². The van der Waals surface area contributed by atoms with Crippen LogP contribution in [0, 0.1) is 5.92 Å². The number of hydrogen-bond donors (Lipinski definition) is 2. The zero-order valence-electron chi connectivity index (χ0n) is 15.6. The molecule has 0 spiro atoms. The third-order valence-electron chi connectivity index (χ3n) is 4.64. The monoisotopic (exact) mass is 327 g/mol. The molecule has 23 heavy (non-hydrogen) atoms. The molecular weight excluding hydrogens is 290 g/mol. The fourth-order valence-corrected chi connectivity index (χ4v) is 2.90. The van der Waals surface area contributed by atoms with Crippen molar-refractivity contribution in [1.29, 1.82) is 0 Å². The molecule has 1 aliphatic heterocycles. The van der Waals surface area contributed by atoms with Crippen molar-refractivity contribution in [3.8, 4) is 0 Å². The second-order valence-electron chi connectivity index (χ2n) is 6.95. The molecule has 0 amide bonds. The summed E-state index contributed by atoms with van der Waals surface area (Å²) >= 11 is 0. The summed E-state index contributed by atoms with van der Waals surface area (Å²) in [6.07, 6.45) is 8.38. The molecule has 2 N–H and O–H groups in total. The molecule has 0 aromatic carbocycles. The van der Waals surface area contributed by atoms with Gasteiger partial charge in [0.15, 0.2) is 5.96 Å². The predicted octanol–water partition coefficient (Wildman–Crippen LogP) is 2.95. The predicted molar refractivity (Wildman–Crippen MR) is 97.1 cm³/mol. The number of guanidine groups is 1. The van der Waals surface area contributed by atoms with E-state index in [1.165, 1.54) is 32.1 Å². The van der Waals surface area contributed by atoms with E-state index in [1.54, 1.807) is 7.11 Å². The van der Waals surface area contributed by atoms with Crippen molar-refractivity contribution in [2.75, 3.05) is 40.5 Å². The minimum Gasteiger partial charge on any atom is -0.381 e. The van der Waals surface area contributed by atoms with Crippen LogP contribution >= 0.6 is 0 Å². The van der Waals surface area contributed by atoms with E-state index in [9.17, 15) is 0 Å². The third-order valence-corrected chi connectivity index (χ3v) is 4.64. The molecule has 1 saturated heterocycles. The zero-order chi connectivity index (χ0) is 17.0. The summed E-state index contributed by atoms with van der Waals surface area (Å²) in [5.74, 6) is 1.70. The molecule has 1 aliphatic rings. The van der Waals surface area contributed by atoms with Crippen molar-refractivity contribution in [2.45, 2.75) is 64.4 Å². The number of ether oxygens (including phenoxy) is 2. The van der Waals surface area contributed by atoms with Crippen LogP contribution in [0.2, 0.25) is 0 Å². The van der Waals surface area contributed by atoms with Crippen molar-refractivity contribution in [1.82, 2.24) is 10.6 Å². The topological polar surface area (TPSA) is 54.9 Å². The molecule has 0 aliphatic carbocycles. The molecule has 5 nitrogen and oxygen atoms in total. The molecule has 0 atom stereocenters. The summed E-state index contributed by atoms with van der Waals surface area (Å²) < 4.78 is 11.2. The molecule has 1 heterocycles. The summed E-state index contributed by atoms with van der Waals surface area (Å²) in [6.45, 7) is 7.89. The number of hydrogen-bond acceptors (Lipinski definition) is 3. The number of nitrogens with zero attached hydrogens (tertiary/aromatic N) is 1. The van der Waals surface area contributed by atoms with E-state index in [0.717, 1.165) is 51.0 Å². The van der Waals surface area contributed by atoms with Gasteiger partial charge in [-0.2, -0.15) is 0 Å². The molecule has 0 unspecified atom stereocenters. The van der Waals surface area contributed by atoms with Crippen molar-refractivity contribution in [3.05, 3.63) is 0 Å². The Labute approximate surface area is 142 Å². The van der Waals surface area contributed by atoms with Crippen LogP contribution in [0.25, 0.3) is 0 Å². The number of unbranched alkanes of at least 4 members (excludes halogenated alkanes) is 3. The first kappa shape index (κ1) is 20.2. The van der Waals surface area contributed by atoms with Gasteiger partial charge >= 0.3 is 0 Å². The van der Waals surface area contributed by atoms with E-state index >= 15 is 0 Å². The zero-order valence-corrected chi connectivity index (χ0v) is 15.6. The maximum atomic E-state index is 5.74. The summed E-state index contributed by atoms with van der Waals surface area (Å²) in [6, 6.07) is 0. The number of nitrogens with one attached hydrogen (secondary N) is 2. The van der Waals surface area contributed by atoms with E-state index in [-0.39, 0.29) is 5.60 Å². The highest BCUT2D eigenvalue weighted by molar-refractivity contribution is 5.79. The molecule has 1 fully saturated rings. The van der Waals surface area contributed by atoms with Crippen LogP contribution in [0.1, 0.15) is 58.8 Å². The van der Waals surface area contributed by atoms with Gasteiger partial charge in [-0.1, -0.05) is 39.5 Å². The Kier molecular flexibility index (Phi) is 10.3. The Hall–Kier alpha value is -0.810. The Morgan fingerprint density at radius 3 is 2.43 bits per heavy atom. The number of methoxy groups -OCH3 is 1. The van der Waals surface area contributed by atoms with Gasteiger partial charge in [0.2, 0.25) is 0 Å². The van der Waals surface area contributed by atoms with Crippen molar-refractivity contribution in [2.24, 2.45) is 10.9 Å². The first-order valence-corrected chi connectivity index (χ1v) is 9.19. The van der Waals surface area contributed by atoms with E-state index in [2.05, 4.69) is 29.5 Å². The number of aliphatic imine (C=N–C) groups is 1. The van der Waals surface area contributed by atoms with Gasteiger partial charge < -0.3 is 20.1 Å². The summed E-state index contributed by atoms with van der Waals surface area (Å²) in [7, 11) is 3.61. The van der Waals surface area contributed by atoms with Crippen LogP contribution < -0.4 is 10.6 Å². The van der Waals surface area contributed by atoms with Gasteiger partial charge in [0.05, 0.1) is 5.60 Å². The lowest BCUT2D eigenvalue weighted by Gasteiger charge is -2.36. The maximum Gasteiger partial charge on any atom is 0.191 e. The van der Waals surface area contributed by atoms with Crippen molar-refractivity contribution >= 4 is 5.96 Å². The van der Waals surface area contributed by atoms with E-state index in [0.29, 0.717) is 0 Å². The van der Waals surface area contributed by atoms with E-state index in [4.69, 9.17) is 9.47 Å². The fourth-order valence-electron chi connectivity index (χ4n) is 2.90. The van der Waals surface area contributed by atoms with Crippen molar-refractivity contribution < 1.29 is 9.47 Å². The van der Waals surface area contributed by atoms with Crippen molar-refractivity contribution in [3.63, 3.8) is 0 Å². The lowest BCUT2D eigenvalue weighted by atomic mass is 9.94. The molecule has 1 rings (SSSR count). The fraction of sp³-hybridized carbons (Fsp3) is 0.944. The van der Waals surface area contributed by atoms with Gasteiger partial charge in [0.25, 0.3) is 0 Å². The highest BCUT2D eigenvalue weighted by Gasteiger charge is 2.32. The lowest BCUT2D eigenvalue weighted by molar-refractivity contribution is -0.0855. The standard InChI is InChI=1S/C18H37N3O2/c1-16(2)9-7-5-6-8-12-20-17(19-3)21-15-18(22-4)10-13-23-14-11-18/h16H,5-15H2,1-4H3,(H2,19,20,21). The van der Waals surface area contributed by atoms with Gasteiger partial charge in [-0.3, -0.25) is 4.99 Å². The first-order chi connectivity index (χ1) is 11.1. The van der Waals surface area contributed by atoms with Gasteiger partial charge in [-0.05, 0) is 12.3 Å². The molecule has 0 radical (unpaired) electrons. The second-order valence-corrected chi connectivity index (χ2v) is 6.95. The average molecular weight is 328 g/mol. The van der Waals surface area contributed by atoms with Crippen LogP contribution in [-0.2, 0) is 9.47 Å². The molecule has 0 saturated carbocycles. The van der Waals surface area contributed by atoms with Crippen LogP contribution in [-0.4, -0.2) is 52.0 Å². The van der Waals surface area contributed by atoms with Crippen LogP contribution in [0.3, 0.4) is 0 Å². The van der Waals surface area contributed by atoms with Crippen LogP contribution in [0.5, 0.6) is 0 Å². The average Bonchev–Trinajstić information content (AvgIpc) is 2.57. The SMILES string of the molecule is CN=C(NCCCCCCC(C)C)NCC1(OC)CCOCC1. The van der Waals surface area contributed by atoms with Gasteiger partial charge in [-0.25, -0.2) is 0 Å². The second kappa shape index (κ2) is 11.7. The maximum absolute atomic E-state index is 5.74. The quantitative estimate of drug-likeness (QED) is 0.368. The summed E-state index contributed by atoms with van der Waals surface area (Å²) in [4.78, 5) is 4.30. The Morgan fingerprint density at radius 2 is 1.83 bits per heavy atom. The Balaban J connectivity index is 2.14.